The van der Waals surface area contributed by atoms with Gasteiger partial charge in [0.15, 0.2) is 0 Å². The van der Waals surface area contributed by atoms with Gasteiger partial charge < -0.3 is 15.0 Å². The van der Waals surface area contributed by atoms with Gasteiger partial charge in [0.1, 0.15) is 11.5 Å². The van der Waals surface area contributed by atoms with Crippen molar-refractivity contribution in [3.63, 3.8) is 0 Å². The third kappa shape index (κ3) is 24.1. The predicted molar refractivity (Wildman–Crippen MR) is 124 cm³/mol. The number of unbranched alkanes of at least 4 members (excludes halogenated alkanes) is 11. The van der Waals surface area contributed by atoms with E-state index in [-0.39, 0.29) is 37.2 Å². The minimum Gasteiger partial charge on any atom is -0.481 e. The quantitative estimate of drug-likeness (QED) is 0.188. The number of amides is 1. The van der Waals surface area contributed by atoms with E-state index in [2.05, 4.69) is 4.99 Å². The standard InChI is InChI=1S/C22H37NO6.C2H6/c1-18(24)16-17-19(22(28)29)23-20(25)14-12-10-8-6-4-2-3-5-7-9-11-13-15-21(26)27;1-2/h2-17H2,1H3,(H,26,27)(H,28,29);1-2H3. The van der Waals surface area contributed by atoms with Crippen LogP contribution in [0.3, 0.4) is 0 Å². The van der Waals surface area contributed by atoms with E-state index in [4.69, 9.17) is 10.2 Å². The second kappa shape index (κ2) is 22.6. The zero-order valence-corrected chi connectivity index (χ0v) is 19.8. The molecule has 0 radical (unpaired) electrons. The largest absolute Gasteiger partial charge is 0.481 e. The van der Waals surface area contributed by atoms with E-state index in [9.17, 15) is 19.2 Å². The Labute approximate surface area is 187 Å². The molecule has 31 heavy (non-hydrogen) atoms. The Hall–Kier alpha value is -2.05. The molecule has 0 aliphatic carbocycles. The highest BCUT2D eigenvalue weighted by molar-refractivity contribution is 6.37. The first kappa shape index (κ1) is 31.1. The van der Waals surface area contributed by atoms with Crippen LogP contribution < -0.4 is 0 Å². The summed E-state index contributed by atoms with van der Waals surface area (Å²) in [6.07, 6.45) is 13.3. The third-order valence-corrected chi connectivity index (χ3v) is 4.75. The van der Waals surface area contributed by atoms with Crippen molar-refractivity contribution >= 4 is 29.3 Å². The summed E-state index contributed by atoms with van der Waals surface area (Å²) in [5.74, 6) is -2.49. The molecule has 0 aliphatic heterocycles. The summed E-state index contributed by atoms with van der Waals surface area (Å²) in [5, 5.41) is 17.6. The second-order valence-electron chi connectivity index (χ2n) is 7.60. The van der Waals surface area contributed by atoms with E-state index in [1.807, 2.05) is 13.8 Å². The predicted octanol–water partition coefficient (Wildman–Crippen LogP) is 5.98. The van der Waals surface area contributed by atoms with Gasteiger partial charge in [-0.05, 0) is 19.8 Å². The Bertz CT molecular complexity index is 542. The average molecular weight is 442 g/mol. The van der Waals surface area contributed by atoms with Crippen LogP contribution in [0.1, 0.15) is 124 Å². The first-order valence-corrected chi connectivity index (χ1v) is 11.9. The van der Waals surface area contributed by atoms with E-state index in [1.54, 1.807) is 0 Å². The number of aliphatic carboxylic acids is 2. The summed E-state index contributed by atoms with van der Waals surface area (Å²) in [7, 11) is 0. The molecule has 0 aromatic heterocycles. The summed E-state index contributed by atoms with van der Waals surface area (Å²) >= 11 is 0. The Balaban J connectivity index is 0. The number of carbonyl (C=O) groups excluding carboxylic acids is 2. The fourth-order valence-electron chi connectivity index (χ4n) is 3.03. The molecule has 0 rings (SSSR count). The van der Waals surface area contributed by atoms with Crippen molar-refractivity contribution in [3.05, 3.63) is 0 Å². The summed E-state index contributed by atoms with van der Waals surface area (Å²) in [4.78, 5) is 47.8. The molecule has 0 aliphatic rings. The van der Waals surface area contributed by atoms with Crippen LogP contribution in [0.4, 0.5) is 0 Å². The second-order valence-corrected chi connectivity index (χ2v) is 7.60. The number of hydrogen-bond acceptors (Lipinski definition) is 4. The highest BCUT2D eigenvalue weighted by atomic mass is 16.4. The molecule has 0 spiro atoms. The van der Waals surface area contributed by atoms with Gasteiger partial charge in [-0.2, -0.15) is 0 Å². The molecule has 7 nitrogen and oxygen atoms in total. The number of rotatable bonds is 19. The molecular formula is C24H43NO6. The van der Waals surface area contributed by atoms with Crippen molar-refractivity contribution in [2.45, 2.75) is 124 Å². The number of carbonyl (C=O) groups is 4. The van der Waals surface area contributed by atoms with Gasteiger partial charge in [-0.1, -0.05) is 78.1 Å². The molecule has 0 saturated carbocycles. The number of nitrogens with zero attached hydrogens (tertiary/aromatic N) is 1. The molecule has 2 N–H and O–H groups in total. The van der Waals surface area contributed by atoms with Crippen LogP contribution in [0.25, 0.3) is 0 Å². The van der Waals surface area contributed by atoms with Gasteiger partial charge in [0.2, 0.25) is 5.91 Å². The molecule has 0 unspecified atom stereocenters. The van der Waals surface area contributed by atoms with Crippen LogP contribution in [0.15, 0.2) is 4.99 Å². The molecule has 0 fully saturated rings. The lowest BCUT2D eigenvalue weighted by Gasteiger charge is -2.03. The van der Waals surface area contributed by atoms with Crippen LogP contribution in [0, 0.1) is 0 Å². The van der Waals surface area contributed by atoms with Crippen LogP contribution in [-0.2, 0) is 19.2 Å². The number of carboxylic acid groups (broad SMARTS) is 2. The summed E-state index contributed by atoms with van der Waals surface area (Å²) in [5.41, 5.74) is -0.230. The van der Waals surface area contributed by atoms with Gasteiger partial charge >= 0.3 is 11.9 Å². The first-order chi connectivity index (χ1) is 14.8. The van der Waals surface area contributed by atoms with Gasteiger partial charge in [-0.3, -0.25) is 9.59 Å². The molecule has 0 aromatic rings. The highest BCUT2D eigenvalue weighted by Gasteiger charge is 2.12. The number of aliphatic imine (C=N–C) groups is 1. The smallest absolute Gasteiger partial charge is 0.350 e. The zero-order valence-electron chi connectivity index (χ0n) is 19.8. The average Bonchev–Trinajstić information content (AvgIpc) is 2.72. The van der Waals surface area contributed by atoms with Crippen LogP contribution >= 0.6 is 0 Å². The Kier molecular flexibility index (Phi) is 22.7. The molecule has 0 atom stereocenters. The fraction of sp³-hybridized carbons (Fsp3) is 0.792. The van der Waals surface area contributed by atoms with Crippen LogP contribution in [-0.4, -0.2) is 39.6 Å². The van der Waals surface area contributed by atoms with Gasteiger partial charge in [0.05, 0.1) is 0 Å². The highest BCUT2D eigenvalue weighted by Crippen LogP contribution is 2.13. The maximum Gasteiger partial charge on any atom is 0.350 e. The number of ketones is 1. The number of Topliss-reactive ketones (excluding diaryl/α,β-unsaturated/α-hetero) is 1. The Morgan fingerprint density at radius 2 is 0.968 bits per heavy atom. The lowest BCUT2D eigenvalue weighted by Crippen LogP contribution is -2.16. The first-order valence-electron chi connectivity index (χ1n) is 11.9. The van der Waals surface area contributed by atoms with Crippen LogP contribution in [0.5, 0.6) is 0 Å². The summed E-state index contributed by atoms with van der Waals surface area (Å²) in [6, 6.07) is 0. The molecule has 0 saturated heterocycles. The summed E-state index contributed by atoms with van der Waals surface area (Å²) < 4.78 is 0. The lowest BCUT2D eigenvalue weighted by molar-refractivity contribution is -0.137. The Morgan fingerprint density at radius 1 is 0.581 bits per heavy atom. The van der Waals surface area contributed by atoms with Gasteiger partial charge in [-0.25, -0.2) is 9.79 Å². The SMILES string of the molecule is CC.CC(=O)CCC(=NC(=O)CCCCCCCCCCCCCCC(=O)O)C(=O)O. The molecular weight excluding hydrogens is 398 g/mol. The molecule has 7 heteroatoms. The van der Waals surface area contributed by atoms with Crippen molar-refractivity contribution in [2.24, 2.45) is 4.99 Å². The maximum absolute atomic E-state index is 11.8. The fourth-order valence-corrected chi connectivity index (χ4v) is 3.03. The van der Waals surface area contributed by atoms with Gasteiger partial charge in [0, 0.05) is 25.7 Å². The van der Waals surface area contributed by atoms with Crippen molar-refractivity contribution in [2.75, 3.05) is 0 Å². The number of hydrogen-bond donors (Lipinski definition) is 2. The topological polar surface area (TPSA) is 121 Å². The third-order valence-electron chi connectivity index (χ3n) is 4.75. The molecule has 0 bridgehead atoms. The normalized spacial score (nSPS) is 10.9. The minimum absolute atomic E-state index is 0.00125. The molecule has 0 aromatic carbocycles. The van der Waals surface area contributed by atoms with E-state index in [1.165, 1.54) is 39.0 Å². The van der Waals surface area contributed by atoms with Crippen LogP contribution in [0.2, 0.25) is 0 Å². The zero-order chi connectivity index (χ0) is 23.9. The van der Waals surface area contributed by atoms with E-state index >= 15 is 0 Å². The van der Waals surface area contributed by atoms with Crippen molar-refractivity contribution in [3.8, 4) is 0 Å². The minimum atomic E-state index is -1.24. The molecule has 1 amide bonds. The monoisotopic (exact) mass is 441 g/mol. The summed E-state index contributed by atoms with van der Waals surface area (Å²) in [6.45, 7) is 5.38. The van der Waals surface area contributed by atoms with E-state index in [0.717, 1.165) is 38.5 Å². The lowest BCUT2D eigenvalue weighted by atomic mass is 10.0. The Morgan fingerprint density at radius 3 is 1.32 bits per heavy atom. The van der Waals surface area contributed by atoms with Gasteiger partial charge in [-0.15, -0.1) is 0 Å². The molecule has 180 valence electrons. The van der Waals surface area contributed by atoms with E-state index in [0.29, 0.717) is 6.42 Å². The van der Waals surface area contributed by atoms with Crippen molar-refractivity contribution in [1.29, 1.82) is 0 Å². The van der Waals surface area contributed by atoms with Crippen molar-refractivity contribution < 1.29 is 29.4 Å². The van der Waals surface area contributed by atoms with Crippen molar-refractivity contribution in [1.82, 2.24) is 0 Å². The maximum atomic E-state index is 11.8. The van der Waals surface area contributed by atoms with Gasteiger partial charge in [0.25, 0.3) is 0 Å². The molecule has 0 heterocycles. The van der Waals surface area contributed by atoms with E-state index < -0.39 is 17.8 Å². The number of carboxylic acids is 2.